The molecule has 140 valence electrons. The second-order valence-electron chi connectivity index (χ2n) is 6.01. The molecule has 1 atom stereocenters. The Balaban J connectivity index is 2.00. The minimum absolute atomic E-state index is 0.0661. The predicted molar refractivity (Wildman–Crippen MR) is 100 cm³/mol. The molecule has 1 aliphatic rings. The zero-order valence-corrected chi connectivity index (χ0v) is 16.8. The highest BCUT2D eigenvalue weighted by atomic mass is 79.9. The van der Waals surface area contributed by atoms with Crippen LogP contribution < -0.4 is 9.47 Å². The van der Waals surface area contributed by atoms with Crippen LogP contribution in [0.25, 0.3) is 0 Å². The standard InChI is InChI=1S/C19H27BrO5/c1-14(12-24-18-6-4-5-9-23-18)7-8-15-10-16(20)11-17(22-3)19(15)25-13-21-2/h7,10-11,18H,4-6,8-9,12-13H2,1-3H3/b14-7-. The van der Waals surface area contributed by atoms with Crippen molar-refractivity contribution in [1.82, 2.24) is 0 Å². The number of ether oxygens (including phenoxy) is 5. The number of allylic oxidation sites excluding steroid dienone is 1. The molecule has 1 unspecified atom stereocenters. The molecule has 0 N–H and O–H groups in total. The van der Waals surface area contributed by atoms with E-state index in [-0.39, 0.29) is 13.1 Å². The van der Waals surface area contributed by atoms with E-state index in [2.05, 4.69) is 28.9 Å². The lowest BCUT2D eigenvalue weighted by Gasteiger charge is -2.22. The van der Waals surface area contributed by atoms with E-state index < -0.39 is 0 Å². The monoisotopic (exact) mass is 414 g/mol. The lowest BCUT2D eigenvalue weighted by molar-refractivity contribution is -0.156. The van der Waals surface area contributed by atoms with Gasteiger partial charge in [-0.05, 0) is 44.7 Å². The maximum atomic E-state index is 5.82. The molecule has 25 heavy (non-hydrogen) atoms. The van der Waals surface area contributed by atoms with Crippen molar-refractivity contribution in [3.05, 3.63) is 33.8 Å². The summed E-state index contributed by atoms with van der Waals surface area (Å²) < 4.78 is 28.5. The van der Waals surface area contributed by atoms with Crippen molar-refractivity contribution in [3.63, 3.8) is 0 Å². The third-order valence-corrected chi connectivity index (χ3v) is 4.40. The molecular formula is C19H27BrO5. The highest BCUT2D eigenvalue weighted by Crippen LogP contribution is 2.35. The molecule has 1 heterocycles. The van der Waals surface area contributed by atoms with Crippen molar-refractivity contribution in [2.45, 2.75) is 38.9 Å². The average molecular weight is 415 g/mol. The van der Waals surface area contributed by atoms with Gasteiger partial charge in [-0.25, -0.2) is 0 Å². The molecule has 1 aromatic rings. The van der Waals surface area contributed by atoms with Gasteiger partial charge in [0.1, 0.15) is 0 Å². The van der Waals surface area contributed by atoms with Crippen molar-refractivity contribution in [2.75, 3.05) is 34.2 Å². The number of halogens is 1. The van der Waals surface area contributed by atoms with Gasteiger partial charge in [-0.3, -0.25) is 0 Å². The van der Waals surface area contributed by atoms with Crippen LogP contribution >= 0.6 is 15.9 Å². The van der Waals surface area contributed by atoms with Crippen LogP contribution in [-0.4, -0.2) is 40.5 Å². The SMILES string of the molecule is COCOc1c(C/C=C(/C)COC2CCCCO2)cc(Br)cc1OC. The first kappa shape index (κ1) is 20.2. The summed E-state index contributed by atoms with van der Waals surface area (Å²) in [7, 11) is 3.23. The number of rotatable bonds is 9. The number of benzene rings is 1. The van der Waals surface area contributed by atoms with Gasteiger partial charge in [0.15, 0.2) is 24.6 Å². The van der Waals surface area contributed by atoms with Crippen LogP contribution in [-0.2, 0) is 20.6 Å². The van der Waals surface area contributed by atoms with E-state index in [0.29, 0.717) is 18.1 Å². The largest absolute Gasteiger partial charge is 0.493 e. The minimum Gasteiger partial charge on any atom is -0.493 e. The van der Waals surface area contributed by atoms with Crippen molar-refractivity contribution in [3.8, 4) is 11.5 Å². The zero-order valence-electron chi connectivity index (χ0n) is 15.2. The fraction of sp³-hybridized carbons (Fsp3) is 0.579. The highest BCUT2D eigenvalue weighted by molar-refractivity contribution is 9.10. The molecule has 1 aromatic carbocycles. The Morgan fingerprint density at radius 3 is 2.84 bits per heavy atom. The quantitative estimate of drug-likeness (QED) is 0.440. The summed E-state index contributed by atoms with van der Waals surface area (Å²) in [6, 6.07) is 3.91. The van der Waals surface area contributed by atoms with Gasteiger partial charge in [-0.15, -0.1) is 0 Å². The average Bonchev–Trinajstić information content (AvgIpc) is 2.64. The predicted octanol–water partition coefficient (Wildman–Crippen LogP) is 4.47. The summed E-state index contributed by atoms with van der Waals surface area (Å²) in [6.07, 6.45) is 6.07. The molecule has 1 fully saturated rings. The molecule has 0 bridgehead atoms. The van der Waals surface area contributed by atoms with Crippen molar-refractivity contribution in [1.29, 1.82) is 0 Å². The molecule has 1 saturated heterocycles. The maximum absolute atomic E-state index is 5.82. The number of hydrogen-bond acceptors (Lipinski definition) is 5. The third kappa shape index (κ3) is 6.62. The van der Waals surface area contributed by atoms with Crippen LogP contribution in [0.3, 0.4) is 0 Å². The van der Waals surface area contributed by atoms with Crippen LogP contribution in [0, 0.1) is 0 Å². The smallest absolute Gasteiger partial charge is 0.188 e. The molecule has 0 amide bonds. The molecule has 0 spiro atoms. The molecule has 0 aliphatic carbocycles. The Bertz CT molecular complexity index is 567. The normalized spacial score (nSPS) is 18.2. The van der Waals surface area contributed by atoms with Crippen molar-refractivity contribution >= 4 is 15.9 Å². The van der Waals surface area contributed by atoms with Gasteiger partial charge in [-0.1, -0.05) is 27.6 Å². The van der Waals surface area contributed by atoms with Crippen molar-refractivity contribution in [2.24, 2.45) is 0 Å². The highest BCUT2D eigenvalue weighted by Gasteiger charge is 2.14. The van der Waals surface area contributed by atoms with Crippen LogP contribution in [0.4, 0.5) is 0 Å². The third-order valence-electron chi connectivity index (χ3n) is 3.94. The molecular weight excluding hydrogens is 388 g/mol. The summed E-state index contributed by atoms with van der Waals surface area (Å²) in [5.74, 6) is 1.38. The lowest BCUT2D eigenvalue weighted by Crippen LogP contribution is -2.22. The van der Waals surface area contributed by atoms with E-state index in [1.807, 2.05) is 12.1 Å². The number of methoxy groups -OCH3 is 2. The zero-order chi connectivity index (χ0) is 18.1. The number of hydrogen-bond donors (Lipinski definition) is 0. The molecule has 0 aromatic heterocycles. The van der Waals surface area contributed by atoms with Gasteiger partial charge in [0.05, 0.1) is 13.7 Å². The molecule has 2 rings (SSSR count). The van der Waals surface area contributed by atoms with Crippen molar-refractivity contribution < 1.29 is 23.7 Å². The maximum Gasteiger partial charge on any atom is 0.188 e. The van der Waals surface area contributed by atoms with E-state index in [9.17, 15) is 0 Å². The van der Waals surface area contributed by atoms with Gasteiger partial charge in [0.2, 0.25) is 0 Å². The minimum atomic E-state index is -0.0661. The molecule has 6 heteroatoms. The Labute approximate surface area is 158 Å². The topological polar surface area (TPSA) is 46.2 Å². The van der Waals surface area contributed by atoms with E-state index in [4.69, 9.17) is 23.7 Å². The fourth-order valence-corrected chi connectivity index (χ4v) is 3.10. The molecule has 1 aliphatic heterocycles. The van der Waals surface area contributed by atoms with Gasteiger partial charge >= 0.3 is 0 Å². The second-order valence-corrected chi connectivity index (χ2v) is 6.92. The first-order valence-corrected chi connectivity index (χ1v) is 9.30. The van der Waals surface area contributed by atoms with Gasteiger partial charge in [0.25, 0.3) is 0 Å². The van der Waals surface area contributed by atoms with E-state index in [1.165, 1.54) is 6.42 Å². The van der Waals surface area contributed by atoms with E-state index in [0.717, 1.165) is 41.5 Å². The second kappa shape index (κ2) is 10.8. The van der Waals surface area contributed by atoms with Crippen LogP contribution in [0.5, 0.6) is 11.5 Å². The van der Waals surface area contributed by atoms with E-state index in [1.54, 1.807) is 14.2 Å². The van der Waals surface area contributed by atoms with Gasteiger partial charge < -0.3 is 23.7 Å². The first-order chi connectivity index (χ1) is 12.1. The Kier molecular flexibility index (Phi) is 8.75. The Hall–Kier alpha value is -1.08. The Morgan fingerprint density at radius 2 is 2.16 bits per heavy atom. The summed E-state index contributed by atoms with van der Waals surface area (Å²) in [5, 5.41) is 0. The molecule has 0 radical (unpaired) electrons. The van der Waals surface area contributed by atoms with Crippen LogP contribution in [0.2, 0.25) is 0 Å². The summed E-state index contributed by atoms with van der Waals surface area (Å²) in [4.78, 5) is 0. The molecule has 0 saturated carbocycles. The summed E-state index contributed by atoms with van der Waals surface area (Å²) in [6.45, 7) is 3.61. The van der Waals surface area contributed by atoms with Crippen LogP contribution in [0.15, 0.2) is 28.3 Å². The summed E-state index contributed by atoms with van der Waals surface area (Å²) >= 11 is 3.52. The van der Waals surface area contributed by atoms with E-state index >= 15 is 0 Å². The Morgan fingerprint density at radius 1 is 1.32 bits per heavy atom. The van der Waals surface area contributed by atoms with Crippen LogP contribution in [0.1, 0.15) is 31.7 Å². The lowest BCUT2D eigenvalue weighted by atomic mass is 10.1. The van der Waals surface area contributed by atoms with Gasteiger partial charge in [-0.2, -0.15) is 0 Å². The first-order valence-electron chi connectivity index (χ1n) is 8.51. The molecule has 5 nitrogen and oxygen atoms in total. The van der Waals surface area contributed by atoms with Gasteiger partial charge in [0, 0.05) is 23.8 Å². The fourth-order valence-electron chi connectivity index (χ4n) is 2.62. The summed E-state index contributed by atoms with van der Waals surface area (Å²) in [5.41, 5.74) is 2.18.